The summed E-state index contributed by atoms with van der Waals surface area (Å²) in [6.07, 6.45) is 5.39. The van der Waals surface area contributed by atoms with Gasteiger partial charge in [0.15, 0.2) is 0 Å². The molecule has 1 amide bonds. The molecule has 0 bridgehead atoms. The lowest BCUT2D eigenvalue weighted by Gasteiger charge is -2.41. The van der Waals surface area contributed by atoms with E-state index in [1.807, 2.05) is 19.1 Å². The number of nitrogens with one attached hydrogen (secondary N) is 1. The molecule has 0 radical (unpaired) electrons. The summed E-state index contributed by atoms with van der Waals surface area (Å²) in [4.78, 5) is 13.7. The second kappa shape index (κ2) is 4.56. The van der Waals surface area contributed by atoms with Gasteiger partial charge in [-0.05, 0) is 33.8 Å². The minimum Gasteiger partial charge on any atom is -0.359 e. The predicted octanol–water partition coefficient (Wildman–Crippen LogP) is 2.19. The Hall–Kier alpha value is -1.51. The van der Waals surface area contributed by atoms with Gasteiger partial charge in [0, 0.05) is 11.2 Å². The van der Waals surface area contributed by atoms with Gasteiger partial charge in [-0.1, -0.05) is 18.7 Å². The SMILES string of the molecule is C=C/C=C\C1=C(C)N(C(C)(C)C)CC(=O)N1. The quantitative estimate of drug-likeness (QED) is 0.723. The molecule has 1 heterocycles. The van der Waals surface area contributed by atoms with Crippen molar-refractivity contribution in [3.63, 3.8) is 0 Å². The van der Waals surface area contributed by atoms with Crippen molar-refractivity contribution in [2.45, 2.75) is 33.2 Å². The van der Waals surface area contributed by atoms with Gasteiger partial charge in [0.2, 0.25) is 5.91 Å². The fraction of sp³-hybridized carbons (Fsp3) is 0.462. The molecule has 0 aromatic heterocycles. The van der Waals surface area contributed by atoms with Gasteiger partial charge in [-0.3, -0.25) is 4.79 Å². The first-order chi connectivity index (χ1) is 7.36. The average Bonchev–Trinajstić information content (AvgIpc) is 2.17. The summed E-state index contributed by atoms with van der Waals surface area (Å²) in [6.45, 7) is 12.4. The second-order valence-corrected chi connectivity index (χ2v) is 4.90. The van der Waals surface area contributed by atoms with Gasteiger partial charge in [-0.25, -0.2) is 0 Å². The summed E-state index contributed by atoms with van der Waals surface area (Å²) in [5, 5.41) is 2.87. The molecule has 1 N–H and O–H groups in total. The van der Waals surface area contributed by atoms with Crippen molar-refractivity contribution in [2.24, 2.45) is 0 Å². The van der Waals surface area contributed by atoms with Gasteiger partial charge in [-0.15, -0.1) is 0 Å². The summed E-state index contributed by atoms with van der Waals surface area (Å²) >= 11 is 0. The first-order valence-electron chi connectivity index (χ1n) is 5.43. The number of carbonyl (C=O) groups is 1. The van der Waals surface area contributed by atoms with Crippen molar-refractivity contribution >= 4 is 5.91 Å². The molecule has 0 saturated carbocycles. The van der Waals surface area contributed by atoms with Crippen LogP contribution >= 0.6 is 0 Å². The summed E-state index contributed by atoms with van der Waals surface area (Å²) in [5.41, 5.74) is 1.89. The summed E-state index contributed by atoms with van der Waals surface area (Å²) in [7, 11) is 0. The summed E-state index contributed by atoms with van der Waals surface area (Å²) in [6, 6.07) is 0. The van der Waals surface area contributed by atoms with Gasteiger partial charge in [0.1, 0.15) is 0 Å². The largest absolute Gasteiger partial charge is 0.359 e. The van der Waals surface area contributed by atoms with E-state index in [0.717, 1.165) is 11.4 Å². The zero-order valence-corrected chi connectivity index (χ0v) is 10.5. The van der Waals surface area contributed by atoms with Crippen LogP contribution in [0.1, 0.15) is 27.7 Å². The third-order valence-electron chi connectivity index (χ3n) is 2.58. The van der Waals surface area contributed by atoms with E-state index in [1.165, 1.54) is 0 Å². The molecule has 0 aliphatic carbocycles. The highest BCUT2D eigenvalue weighted by atomic mass is 16.2. The molecule has 0 saturated heterocycles. The molecule has 0 unspecified atom stereocenters. The first kappa shape index (κ1) is 12.6. The van der Waals surface area contributed by atoms with E-state index in [0.29, 0.717) is 6.54 Å². The van der Waals surface area contributed by atoms with E-state index >= 15 is 0 Å². The van der Waals surface area contributed by atoms with E-state index in [-0.39, 0.29) is 11.4 Å². The van der Waals surface area contributed by atoms with E-state index in [9.17, 15) is 4.79 Å². The lowest BCUT2D eigenvalue weighted by molar-refractivity contribution is -0.123. The van der Waals surface area contributed by atoms with Crippen molar-refractivity contribution in [3.8, 4) is 0 Å². The van der Waals surface area contributed by atoms with Crippen molar-refractivity contribution in [2.75, 3.05) is 6.54 Å². The standard InChI is InChI=1S/C13H20N2O/c1-6-7-8-11-10(2)15(13(3,4)5)9-12(16)14-11/h6-8H,1,9H2,2-5H3,(H,14,16)/b8-7-. The Bertz CT molecular complexity index is 359. The number of nitrogens with zero attached hydrogens (tertiary/aromatic N) is 1. The van der Waals surface area contributed by atoms with Gasteiger partial charge in [-0.2, -0.15) is 0 Å². The molecule has 0 spiro atoms. The molecule has 3 nitrogen and oxygen atoms in total. The van der Waals surface area contributed by atoms with Crippen molar-refractivity contribution < 1.29 is 4.79 Å². The van der Waals surface area contributed by atoms with Crippen LogP contribution in [-0.2, 0) is 4.79 Å². The van der Waals surface area contributed by atoms with Gasteiger partial charge in [0.25, 0.3) is 0 Å². The highest BCUT2D eigenvalue weighted by molar-refractivity contribution is 5.82. The Morgan fingerprint density at radius 1 is 1.44 bits per heavy atom. The minimum absolute atomic E-state index is 0.0317. The van der Waals surface area contributed by atoms with Crippen LogP contribution in [-0.4, -0.2) is 22.9 Å². The average molecular weight is 220 g/mol. The van der Waals surface area contributed by atoms with Crippen LogP contribution in [0.2, 0.25) is 0 Å². The van der Waals surface area contributed by atoms with Crippen LogP contribution in [0, 0.1) is 0 Å². The Kier molecular flexibility index (Phi) is 3.58. The maximum atomic E-state index is 11.6. The fourth-order valence-corrected chi connectivity index (χ4v) is 1.75. The van der Waals surface area contributed by atoms with Crippen LogP contribution in [0.15, 0.2) is 36.2 Å². The highest BCUT2D eigenvalue weighted by Crippen LogP contribution is 2.23. The smallest absolute Gasteiger partial charge is 0.243 e. The molecular weight excluding hydrogens is 200 g/mol. The Balaban J connectivity index is 3.08. The molecule has 0 aromatic rings. The topological polar surface area (TPSA) is 32.3 Å². The fourth-order valence-electron chi connectivity index (χ4n) is 1.75. The predicted molar refractivity (Wildman–Crippen MR) is 66.6 cm³/mol. The lowest BCUT2D eigenvalue weighted by atomic mass is 10.0. The summed E-state index contributed by atoms with van der Waals surface area (Å²) < 4.78 is 0. The first-order valence-corrected chi connectivity index (χ1v) is 5.43. The Labute approximate surface area is 97.5 Å². The van der Waals surface area contributed by atoms with E-state index < -0.39 is 0 Å². The zero-order valence-electron chi connectivity index (χ0n) is 10.5. The number of allylic oxidation sites excluding steroid dienone is 4. The van der Waals surface area contributed by atoms with Crippen LogP contribution < -0.4 is 5.32 Å². The molecule has 1 rings (SSSR count). The summed E-state index contributed by atoms with van der Waals surface area (Å²) in [5.74, 6) is 0.0317. The highest BCUT2D eigenvalue weighted by Gasteiger charge is 2.28. The lowest BCUT2D eigenvalue weighted by Crippen LogP contribution is -2.50. The van der Waals surface area contributed by atoms with Crippen LogP contribution in [0.4, 0.5) is 0 Å². The van der Waals surface area contributed by atoms with Crippen molar-refractivity contribution in [3.05, 3.63) is 36.2 Å². The van der Waals surface area contributed by atoms with Gasteiger partial charge < -0.3 is 10.2 Å². The molecule has 88 valence electrons. The van der Waals surface area contributed by atoms with Gasteiger partial charge >= 0.3 is 0 Å². The van der Waals surface area contributed by atoms with E-state index in [2.05, 4.69) is 37.6 Å². The molecule has 3 heteroatoms. The van der Waals surface area contributed by atoms with Crippen molar-refractivity contribution in [1.82, 2.24) is 10.2 Å². The third kappa shape index (κ3) is 2.75. The number of carbonyl (C=O) groups excluding carboxylic acids is 1. The number of hydrogen-bond acceptors (Lipinski definition) is 2. The Morgan fingerprint density at radius 2 is 2.06 bits per heavy atom. The van der Waals surface area contributed by atoms with Crippen LogP contribution in [0.3, 0.4) is 0 Å². The maximum absolute atomic E-state index is 11.6. The number of hydrogen-bond donors (Lipinski definition) is 1. The second-order valence-electron chi connectivity index (χ2n) is 4.90. The van der Waals surface area contributed by atoms with Gasteiger partial charge in [0.05, 0.1) is 12.2 Å². The molecule has 1 aliphatic rings. The van der Waals surface area contributed by atoms with Crippen LogP contribution in [0.25, 0.3) is 0 Å². The van der Waals surface area contributed by atoms with Crippen LogP contribution in [0.5, 0.6) is 0 Å². The van der Waals surface area contributed by atoms with E-state index in [1.54, 1.807) is 6.08 Å². The molecule has 16 heavy (non-hydrogen) atoms. The zero-order chi connectivity index (χ0) is 12.3. The van der Waals surface area contributed by atoms with E-state index in [4.69, 9.17) is 0 Å². The number of rotatable bonds is 2. The third-order valence-corrected chi connectivity index (χ3v) is 2.58. The molecule has 0 atom stereocenters. The Morgan fingerprint density at radius 3 is 2.56 bits per heavy atom. The molecule has 0 aromatic carbocycles. The minimum atomic E-state index is -0.0465. The molecular formula is C13H20N2O. The normalized spacial score (nSPS) is 18.0. The number of amides is 1. The van der Waals surface area contributed by atoms with Crippen molar-refractivity contribution in [1.29, 1.82) is 0 Å². The maximum Gasteiger partial charge on any atom is 0.243 e. The molecule has 1 aliphatic heterocycles. The monoisotopic (exact) mass is 220 g/mol. The molecule has 0 fully saturated rings.